The average Bonchev–Trinajstić information content (AvgIpc) is 3.35. The van der Waals surface area contributed by atoms with Gasteiger partial charge in [-0.2, -0.15) is 0 Å². The Bertz CT molecular complexity index is 1300. The van der Waals surface area contributed by atoms with Crippen molar-refractivity contribution in [2.75, 3.05) is 36.0 Å². The van der Waals surface area contributed by atoms with Crippen molar-refractivity contribution in [2.24, 2.45) is 0 Å². The van der Waals surface area contributed by atoms with Crippen molar-refractivity contribution in [1.82, 2.24) is 4.98 Å². The molecule has 170 valence electrons. The van der Waals surface area contributed by atoms with E-state index >= 15 is 0 Å². The molecule has 0 unspecified atom stereocenters. The third-order valence-electron chi connectivity index (χ3n) is 5.88. The van der Waals surface area contributed by atoms with Crippen LogP contribution in [0.2, 0.25) is 0 Å². The van der Waals surface area contributed by atoms with Crippen LogP contribution in [0.3, 0.4) is 0 Å². The number of rotatable bonds is 6. The van der Waals surface area contributed by atoms with E-state index in [4.69, 9.17) is 4.98 Å². The van der Waals surface area contributed by atoms with E-state index in [2.05, 4.69) is 21.9 Å². The molecule has 2 heterocycles. The molecule has 3 aromatic carbocycles. The number of hydrogen-bond donors (Lipinski definition) is 0. The van der Waals surface area contributed by atoms with Crippen molar-refractivity contribution in [3.63, 3.8) is 0 Å². The van der Waals surface area contributed by atoms with Crippen LogP contribution in [0.15, 0.2) is 84.9 Å². The van der Waals surface area contributed by atoms with Crippen LogP contribution >= 0.6 is 11.3 Å². The highest BCUT2D eigenvalue weighted by Crippen LogP contribution is 2.36. The molecule has 0 N–H and O–H groups in total. The maximum atomic E-state index is 13.4. The molecule has 1 aliphatic heterocycles. The zero-order valence-corrected chi connectivity index (χ0v) is 19.1. The number of carbonyl (C=O) groups excluding carboxylic acids is 1. The van der Waals surface area contributed by atoms with Crippen molar-refractivity contribution >= 4 is 33.6 Å². The van der Waals surface area contributed by atoms with Crippen LogP contribution in [0.1, 0.15) is 15.2 Å². The number of ketones is 1. The molecule has 4 aromatic rings. The second-order valence-corrected chi connectivity index (χ2v) is 8.96. The molecule has 1 aliphatic rings. The molecule has 7 nitrogen and oxygen atoms in total. The number of anilines is 2. The predicted molar refractivity (Wildman–Crippen MR) is 135 cm³/mol. The highest BCUT2D eigenvalue weighted by Gasteiger charge is 2.26. The summed E-state index contributed by atoms with van der Waals surface area (Å²) in [6.07, 6.45) is 0. The van der Waals surface area contributed by atoms with Gasteiger partial charge in [-0.15, -0.1) is 0 Å². The van der Waals surface area contributed by atoms with E-state index in [0.717, 1.165) is 31.3 Å². The Morgan fingerprint density at radius 2 is 1.41 bits per heavy atom. The zero-order chi connectivity index (χ0) is 23.5. The number of nitro benzene ring substituents is 1. The molecular formula is C26H22N4O3S. The van der Waals surface area contributed by atoms with Crippen LogP contribution in [0.4, 0.5) is 16.5 Å². The number of benzene rings is 3. The second kappa shape index (κ2) is 9.44. The van der Waals surface area contributed by atoms with Gasteiger partial charge in [-0.1, -0.05) is 59.9 Å². The molecule has 5 rings (SSSR count). The fraction of sp³-hybridized carbons (Fsp3) is 0.154. The summed E-state index contributed by atoms with van der Waals surface area (Å²) < 4.78 is 0. The molecule has 1 aromatic heterocycles. The van der Waals surface area contributed by atoms with Crippen LogP contribution in [-0.4, -0.2) is 41.9 Å². The number of aromatic nitrogens is 1. The van der Waals surface area contributed by atoms with Crippen LogP contribution in [0.5, 0.6) is 0 Å². The van der Waals surface area contributed by atoms with Crippen LogP contribution in [0, 0.1) is 10.1 Å². The smallest absolute Gasteiger partial charge is 0.269 e. The van der Waals surface area contributed by atoms with E-state index < -0.39 is 4.92 Å². The Morgan fingerprint density at radius 1 is 0.824 bits per heavy atom. The number of nitrogens with zero attached hydrogens (tertiary/aromatic N) is 4. The van der Waals surface area contributed by atoms with Gasteiger partial charge in [0.2, 0.25) is 5.78 Å². The Kier molecular flexibility index (Phi) is 6.05. The Labute approximate surface area is 201 Å². The molecule has 0 radical (unpaired) electrons. The van der Waals surface area contributed by atoms with E-state index in [0.29, 0.717) is 21.7 Å². The van der Waals surface area contributed by atoms with E-state index in [1.54, 1.807) is 24.3 Å². The summed E-state index contributed by atoms with van der Waals surface area (Å²) in [5.41, 5.74) is 3.05. The van der Waals surface area contributed by atoms with E-state index in [-0.39, 0.29) is 11.5 Å². The fourth-order valence-electron chi connectivity index (χ4n) is 4.05. The number of nitro groups is 1. The predicted octanol–water partition coefficient (Wildman–Crippen LogP) is 5.28. The monoisotopic (exact) mass is 470 g/mol. The van der Waals surface area contributed by atoms with Gasteiger partial charge in [0.05, 0.1) is 10.6 Å². The third kappa shape index (κ3) is 4.40. The largest absolute Gasteiger partial charge is 0.368 e. The van der Waals surface area contributed by atoms with Gasteiger partial charge in [-0.3, -0.25) is 14.9 Å². The Morgan fingerprint density at radius 3 is 2.03 bits per heavy atom. The molecule has 0 aliphatic carbocycles. The molecule has 1 fully saturated rings. The topological polar surface area (TPSA) is 79.6 Å². The van der Waals surface area contributed by atoms with E-state index in [1.807, 2.05) is 36.4 Å². The van der Waals surface area contributed by atoms with E-state index in [1.165, 1.54) is 29.2 Å². The first-order valence-electron chi connectivity index (χ1n) is 11.0. The number of hydrogen-bond acceptors (Lipinski definition) is 7. The minimum absolute atomic E-state index is 0.00664. The molecular weight excluding hydrogens is 448 g/mol. The van der Waals surface area contributed by atoms with Gasteiger partial charge in [0, 0.05) is 55.1 Å². The fourth-order valence-corrected chi connectivity index (χ4v) is 5.15. The summed E-state index contributed by atoms with van der Waals surface area (Å²) in [5.74, 6) is -0.0966. The molecule has 0 atom stereocenters. The van der Waals surface area contributed by atoms with Gasteiger partial charge in [0.15, 0.2) is 5.13 Å². The lowest BCUT2D eigenvalue weighted by molar-refractivity contribution is -0.384. The zero-order valence-electron chi connectivity index (χ0n) is 18.3. The first-order chi connectivity index (χ1) is 16.6. The van der Waals surface area contributed by atoms with Crippen molar-refractivity contribution in [1.29, 1.82) is 0 Å². The van der Waals surface area contributed by atoms with E-state index in [9.17, 15) is 14.9 Å². The van der Waals surface area contributed by atoms with Crippen molar-refractivity contribution in [3.8, 4) is 11.3 Å². The maximum absolute atomic E-state index is 13.4. The van der Waals surface area contributed by atoms with Gasteiger partial charge in [-0.25, -0.2) is 4.98 Å². The number of para-hydroxylation sites is 1. The van der Waals surface area contributed by atoms with Crippen LogP contribution in [-0.2, 0) is 0 Å². The van der Waals surface area contributed by atoms with Gasteiger partial charge in [-0.05, 0) is 24.3 Å². The third-order valence-corrected chi connectivity index (χ3v) is 7.00. The van der Waals surface area contributed by atoms with Crippen LogP contribution < -0.4 is 9.80 Å². The standard InChI is InChI=1S/C26H22N4O3S/c31-24(20-7-3-1-4-8-20)25-23(19-11-13-22(14-12-19)30(32)33)27-26(34-25)29-17-15-28(16-18-29)21-9-5-2-6-10-21/h1-14H,15-18H2. The number of non-ortho nitro benzene ring substituents is 1. The Hall–Kier alpha value is -4.04. The average molecular weight is 471 g/mol. The van der Waals surface area contributed by atoms with Crippen molar-refractivity contribution in [3.05, 3.63) is 105 Å². The minimum Gasteiger partial charge on any atom is -0.368 e. The van der Waals surface area contributed by atoms with Gasteiger partial charge >= 0.3 is 0 Å². The van der Waals surface area contributed by atoms with Crippen molar-refractivity contribution in [2.45, 2.75) is 0 Å². The summed E-state index contributed by atoms with van der Waals surface area (Å²) in [7, 11) is 0. The molecule has 0 amide bonds. The first-order valence-corrected chi connectivity index (χ1v) is 11.8. The lowest BCUT2D eigenvalue weighted by atomic mass is 10.0. The maximum Gasteiger partial charge on any atom is 0.269 e. The first kappa shape index (κ1) is 21.8. The SMILES string of the molecule is O=C(c1ccccc1)c1sc(N2CCN(c3ccccc3)CC2)nc1-c1ccc([N+](=O)[O-])cc1. The minimum atomic E-state index is -0.432. The number of thiazole rings is 1. The highest BCUT2D eigenvalue weighted by atomic mass is 32.1. The molecule has 8 heteroatoms. The molecule has 0 spiro atoms. The molecule has 0 bridgehead atoms. The number of carbonyl (C=O) groups is 1. The normalized spacial score (nSPS) is 13.6. The summed E-state index contributed by atoms with van der Waals surface area (Å²) in [6, 6.07) is 25.7. The summed E-state index contributed by atoms with van der Waals surface area (Å²) in [6.45, 7) is 3.30. The van der Waals surface area contributed by atoms with Crippen LogP contribution in [0.25, 0.3) is 11.3 Å². The van der Waals surface area contributed by atoms with Crippen molar-refractivity contribution < 1.29 is 9.72 Å². The summed E-state index contributed by atoms with van der Waals surface area (Å²) in [5, 5.41) is 11.9. The second-order valence-electron chi connectivity index (χ2n) is 7.98. The van der Waals surface area contributed by atoms with Gasteiger partial charge in [0.1, 0.15) is 4.88 Å². The highest BCUT2D eigenvalue weighted by molar-refractivity contribution is 7.18. The molecule has 34 heavy (non-hydrogen) atoms. The Balaban J connectivity index is 1.45. The van der Waals surface area contributed by atoms with Gasteiger partial charge < -0.3 is 9.80 Å². The lowest BCUT2D eigenvalue weighted by Gasteiger charge is -2.36. The molecule has 1 saturated heterocycles. The number of piperazine rings is 1. The quantitative estimate of drug-likeness (QED) is 0.217. The summed E-state index contributed by atoms with van der Waals surface area (Å²) in [4.78, 5) is 34.0. The summed E-state index contributed by atoms with van der Waals surface area (Å²) >= 11 is 1.38. The van der Waals surface area contributed by atoms with Gasteiger partial charge in [0.25, 0.3) is 5.69 Å². The lowest BCUT2D eigenvalue weighted by Crippen LogP contribution is -2.46. The molecule has 0 saturated carbocycles.